The second-order valence-corrected chi connectivity index (χ2v) is 21.6. The molecular formula is C72H122O6. The molecule has 6 nitrogen and oxygen atoms in total. The van der Waals surface area contributed by atoms with Crippen molar-refractivity contribution in [2.75, 3.05) is 13.2 Å². The van der Waals surface area contributed by atoms with Gasteiger partial charge in [0.2, 0.25) is 0 Å². The predicted octanol–water partition coefficient (Wildman–Crippen LogP) is 22.6. The zero-order valence-electron chi connectivity index (χ0n) is 51.2. The first-order valence-corrected chi connectivity index (χ1v) is 32.9. The van der Waals surface area contributed by atoms with Gasteiger partial charge >= 0.3 is 17.9 Å². The van der Waals surface area contributed by atoms with Crippen molar-refractivity contribution >= 4 is 17.9 Å². The van der Waals surface area contributed by atoms with Crippen LogP contribution in [0.4, 0.5) is 0 Å². The van der Waals surface area contributed by atoms with E-state index in [0.29, 0.717) is 19.3 Å². The summed E-state index contributed by atoms with van der Waals surface area (Å²) in [5.41, 5.74) is 0. The van der Waals surface area contributed by atoms with Crippen LogP contribution in [0.5, 0.6) is 0 Å². The fraction of sp³-hybridized carbons (Fsp3) is 0.708. The van der Waals surface area contributed by atoms with Gasteiger partial charge in [-0.3, -0.25) is 14.4 Å². The van der Waals surface area contributed by atoms with E-state index in [1.54, 1.807) is 0 Å². The first-order chi connectivity index (χ1) is 38.5. The van der Waals surface area contributed by atoms with Gasteiger partial charge in [-0.1, -0.05) is 297 Å². The van der Waals surface area contributed by atoms with Crippen molar-refractivity contribution in [1.29, 1.82) is 0 Å². The van der Waals surface area contributed by atoms with Crippen LogP contribution in [0.25, 0.3) is 0 Å². The molecule has 0 amide bonds. The highest BCUT2D eigenvalue weighted by atomic mass is 16.6. The summed E-state index contributed by atoms with van der Waals surface area (Å²) in [5.74, 6) is -0.885. The summed E-state index contributed by atoms with van der Waals surface area (Å²) in [4.78, 5) is 38.4. The molecule has 1 atom stereocenters. The number of carbonyl (C=O) groups is 3. The Kier molecular flexibility index (Phi) is 62.3. The van der Waals surface area contributed by atoms with Crippen molar-refractivity contribution in [3.63, 3.8) is 0 Å². The molecule has 0 bridgehead atoms. The lowest BCUT2D eigenvalue weighted by molar-refractivity contribution is -0.167. The molecule has 0 aliphatic rings. The van der Waals surface area contributed by atoms with E-state index < -0.39 is 6.10 Å². The summed E-state index contributed by atoms with van der Waals surface area (Å²) in [6.07, 6.45) is 89.5. The smallest absolute Gasteiger partial charge is 0.306 e. The molecule has 0 N–H and O–H groups in total. The van der Waals surface area contributed by atoms with Gasteiger partial charge in [0.05, 0.1) is 0 Å². The number of rotatable bonds is 59. The second kappa shape index (κ2) is 65.6. The average molecular weight is 1080 g/mol. The summed E-state index contributed by atoms with van der Waals surface area (Å²) in [6.45, 7) is 6.43. The zero-order valence-corrected chi connectivity index (χ0v) is 51.2. The largest absolute Gasteiger partial charge is 0.462 e. The highest BCUT2D eigenvalue weighted by Crippen LogP contribution is 2.16. The van der Waals surface area contributed by atoms with Gasteiger partial charge in [0, 0.05) is 19.3 Å². The number of allylic oxidation sites excluding steroid dienone is 18. The van der Waals surface area contributed by atoms with Crippen molar-refractivity contribution in [1.82, 2.24) is 0 Å². The predicted molar refractivity (Wildman–Crippen MR) is 339 cm³/mol. The van der Waals surface area contributed by atoms with E-state index in [0.717, 1.165) is 128 Å². The van der Waals surface area contributed by atoms with Crippen LogP contribution >= 0.6 is 0 Å². The van der Waals surface area contributed by atoms with Gasteiger partial charge in [-0.2, -0.15) is 0 Å². The van der Waals surface area contributed by atoms with Crippen LogP contribution in [0.2, 0.25) is 0 Å². The topological polar surface area (TPSA) is 78.9 Å². The Morgan fingerprint density at radius 2 is 0.500 bits per heavy atom. The third kappa shape index (κ3) is 62.9. The average Bonchev–Trinajstić information content (AvgIpc) is 3.44. The maximum atomic E-state index is 12.9. The number of carbonyl (C=O) groups excluding carboxylic acids is 3. The standard InChI is InChI=1S/C72H122O6/c1-4-7-10-13-16-19-22-25-28-30-32-34-35-36-37-39-40-42-44-47-50-53-56-59-62-65-71(74)77-68-69(67-76-70(73)64-61-58-55-52-49-46-27-24-21-18-15-12-9-6-3)78-72(75)66-63-60-57-54-51-48-45-43-41-38-33-31-29-26-23-20-17-14-11-8-5-2/h7-8,10-11,16-17,19-20,25-26,28-29,32-34,36-38,69H,4-6,9,12-15,18,21-24,27,30-31,35,39-68H2,1-3H3/b10-7-,11-8-,19-16-,20-17-,28-25-,29-26-,34-32-,37-36-,38-33-. The third-order valence-electron chi connectivity index (χ3n) is 14.0. The van der Waals surface area contributed by atoms with Gasteiger partial charge in [0.15, 0.2) is 6.10 Å². The Bertz CT molecular complexity index is 1570. The molecule has 0 rings (SSSR count). The summed E-state index contributed by atoms with van der Waals surface area (Å²) in [7, 11) is 0. The monoisotopic (exact) mass is 1080 g/mol. The minimum atomic E-state index is -0.787. The maximum absolute atomic E-state index is 12.9. The van der Waals surface area contributed by atoms with Crippen molar-refractivity contribution in [2.45, 2.75) is 316 Å². The van der Waals surface area contributed by atoms with Gasteiger partial charge in [-0.15, -0.1) is 0 Å². The summed E-state index contributed by atoms with van der Waals surface area (Å²) in [5, 5.41) is 0. The van der Waals surface area contributed by atoms with E-state index in [9.17, 15) is 14.4 Å². The van der Waals surface area contributed by atoms with E-state index in [2.05, 4.69) is 130 Å². The minimum Gasteiger partial charge on any atom is -0.462 e. The van der Waals surface area contributed by atoms with Crippen LogP contribution < -0.4 is 0 Å². The molecule has 0 aromatic carbocycles. The molecular weight excluding hydrogens is 961 g/mol. The fourth-order valence-corrected chi connectivity index (χ4v) is 9.17. The molecule has 0 aromatic rings. The van der Waals surface area contributed by atoms with Gasteiger partial charge in [0.25, 0.3) is 0 Å². The molecule has 6 heteroatoms. The first kappa shape index (κ1) is 74.1. The SMILES string of the molecule is CC/C=C\C/C=C\C/C=C\C/C=C\C/C=C\CCCCCCCCCCCC(=O)OCC(COC(=O)CCCCCCCCCCCCCCCC)OC(=O)CCCCCCCCCC/C=C\C/C=C\C/C=C\C/C=C\CC. The molecule has 0 aliphatic heterocycles. The second-order valence-electron chi connectivity index (χ2n) is 21.6. The number of hydrogen-bond donors (Lipinski definition) is 0. The Morgan fingerprint density at radius 3 is 0.782 bits per heavy atom. The normalized spacial score (nSPS) is 12.8. The fourth-order valence-electron chi connectivity index (χ4n) is 9.17. The molecule has 1 unspecified atom stereocenters. The quantitative estimate of drug-likeness (QED) is 0.0261. The molecule has 446 valence electrons. The number of ether oxygens (including phenoxy) is 3. The Labute approximate surface area is 482 Å². The van der Waals surface area contributed by atoms with Crippen LogP contribution in [0.15, 0.2) is 109 Å². The summed E-state index contributed by atoms with van der Waals surface area (Å²) < 4.78 is 17.0. The molecule has 0 saturated carbocycles. The van der Waals surface area contributed by atoms with Crippen LogP contribution in [-0.4, -0.2) is 37.2 Å². The lowest BCUT2D eigenvalue weighted by Crippen LogP contribution is -2.30. The maximum Gasteiger partial charge on any atom is 0.306 e. The molecule has 0 aliphatic carbocycles. The van der Waals surface area contributed by atoms with E-state index in [-0.39, 0.29) is 31.1 Å². The van der Waals surface area contributed by atoms with Crippen LogP contribution in [0.3, 0.4) is 0 Å². The Hall–Kier alpha value is -3.93. The van der Waals surface area contributed by atoms with E-state index >= 15 is 0 Å². The highest BCUT2D eigenvalue weighted by molar-refractivity contribution is 5.71. The molecule has 78 heavy (non-hydrogen) atoms. The number of unbranched alkanes of at least 4 members (excludes halogenated alkanes) is 30. The lowest BCUT2D eigenvalue weighted by Gasteiger charge is -2.18. The number of hydrogen-bond acceptors (Lipinski definition) is 6. The van der Waals surface area contributed by atoms with Crippen LogP contribution in [0.1, 0.15) is 310 Å². The van der Waals surface area contributed by atoms with E-state index in [1.807, 2.05) is 0 Å². The van der Waals surface area contributed by atoms with Gasteiger partial charge in [-0.05, 0) is 103 Å². The van der Waals surface area contributed by atoms with Crippen LogP contribution in [0, 0.1) is 0 Å². The molecule has 0 aromatic heterocycles. The third-order valence-corrected chi connectivity index (χ3v) is 14.0. The molecule has 0 fully saturated rings. The Morgan fingerprint density at radius 1 is 0.269 bits per heavy atom. The van der Waals surface area contributed by atoms with Gasteiger partial charge in [-0.25, -0.2) is 0 Å². The van der Waals surface area contributed by atoms with Gasteiger partial charge in [0.1, 0.15) is 13.2 Å². The molecule has 0 radical (unpaired) electrons. The van der Waals surface area contributed by atoms with Crippen molar-refractivity contribution in [2.24, 2.45) is 0 Å². The summed E-state index contributed by atoms with van der Waals surface area (Å²) >= 11 is 0. The highest BCUT2D eigenvalue weighted by Gasteiger charge is 2.19. The molecule has 0 spiro atoms. The Balaban J connectivity index is 4.36. The molecule has 0 saturated heterocycles. The first-order valence-electron chi connectivity index (χ1n) is 32.9. The van der Waals surface area contributed by atoms with Crippen molar-refractivity contribution in [3.05, 3.63) is 109 Å². The van der Waals surface area contributed by atoms with E-state index in [4.69, 9.17) is 14.2 Å². The van der Waals surface area contributed by atoms with Crippen LogP contribution in [-0.2, 0) is 28.6 Å². The van der Waals surface area contributed by atoms with Crippen molar-refractivity contribution < 1.29 is 28.6 Å². The van der Waals surface area contributed by atoms with Gasteiger partial charge < -0.3 is 14.2 Å². The minimum absolute atomic E-state index is 0.0812. The lowest BCUT2D eigenvalue weighted by atomic mass is 10.0. The zero-order chi connectivity index (χ0) is 56.4. The van der Waals surface area contributed by atoms with Crippen molar-refractivity contribution in [3.8, 4) is 0 Å². The number of esters is 3. The van der Waals surface area contributed by atoms with E-state index in [1.165, 1.54) is 141 Å². The summed E-state index contributed by atoms with van der Waals surface area (Å²) in [6, 6.07) is 0. The molecule has 0 heterocycles.